The van der Waals surface area contributed by atoms with Crippen LogP contribution in [0, 0.1) is 0 Å². The lowest BCUT2D eigenvalue weighted by Gasteiger charge is -2.20. The molecule has 0 saturated carbocycles. The van der Waals surface area contributed by atoms with Gasteiger partial charge in [-0.05, 0) is 15.9 Å². The summed E-state index contributed by atoms with van der Waals surface area (Å²) in [5.41, 5.74) is 0. The van der Waals surface area contributed by atoms with Crippen molar-refractivity contribution in [2.24, 2.45) is 0 Å². The fraction of sp³-hybridized carbons (Fsp3) is 0.500. The van der Waals surface area contributed by atoms with Crippen molar-refractivity contribution in [1.82, 2.24) is 19.3 Å². The van der Waals surface area contributed by atoms with Gasteiger partial charge in [0.05, 0.1) is 4.47 Å². The van der Waals surface area contributed by atoms with E-state index < -0.39 is 7.59 Å². The molecule has 3 heterocycles. The van der Waals surface area contributed by atoms with Crippen LogP contribution in [0.2, 0.25) is 0 Å². The maximum absolute atomic E-state index is 12.6. The number of nitrogens with zero attached hydrogens (tertiary/aromatic N) is 4. The third-order valence-corrected chi connectivity index (χ3v) is 5.71. The maximum atomic E-state index is 12.6. The molecule has 0 spiro atoms. The summed E-state index contributed by atoms with van der Waals surface area (Å²) in [6, 6.07) is 0. The van der Waals surface area contributed by atoms with E-state index in [9.17, 15) is 4.57 Å². The lowest BCUT2D eigenvalue weighted by atomic mass is 10.7. The van der Waals surface area contributed by atoms with Crippen molar-refractivity contribution in [2.45, 2.75) is 0 Å². The predicted molar refractivity (Wildman–Crippen MR) is 64.1 cm³/mol. The first kappa shape index (κ1) is 10.7. The van der Waals surface area contributed by atoms with Gasteiger partial charge in [-0.2, -0.15) is 0 Å². The Kier molecular flexibility index (Phi) is 2.51. The SMILES string of the molecule is O=P(Nc1ncc(Br)cn1)(N1CC1)N1CC1. The molecule has 8 heteroatoms. The fourth-order valence-corrected chi connectivity index (χ4v) is 3.94. The van der Waals surface area contributed by atoms with E-state index in [0.29, 0.717) is 5.95 Å². The Balaban J connectivity index is 1.81. The standard InChI is InChI=1S/C8H11BrN5OP/c9-7-5-10-8(11-6-7)12-16(15,13-1-2-13)14-3-4-14/h5-6H,1-4H2,(H,10,11,12,15). The van der Waals surface area contributed by atoms with Crippen molar-refractivity contribution < 1.29 is 4.57 Å². The van der Waals surface area contributed by atoms with E-state index in [2.05, 4.69) is 31.0 Å². The van der Waals surface area contributed by atoms with Crippen molar-refractivity contribution in [3.05, 3.63) is 16.9 Å². The molecule has 2 saturated heterocycles. The molecule has 0 unspecified atom stereocenters. The fourth-order valence-electron chi connectivity index (χ4n) is 1.45. The lowest BCUT2D eigenvalue weighted by Crippen LogP contribution is -2.14. The topological polar surface area (TPSA) is 60.9 Å². The van der Waals surface area contributed by atoms with Crippen LogP contribution in [-0.4, -0.2) is 45.5 Å². The number of hydrogen-bond donors (Lipinski definition) is 1. The molecule has 0 atom stereocenters. The Morgan fingerprint density at radius 2 is 1.69 bits per heavy atom. The van der Waals surface area contributed by atoms with Crippen molar-refractivity contribution in [1.29, 1.82) is 0 Å². The molecule has 1 aromatic heterocycles. The third-order valence-electron chi connectivity index (χ3n) is 2.48. The van der Waals surface area contributed by atoms with Crippen LogP contribution in [0.15, 0.2) is 16.9 Å². The normalized spacial score (nSPS) is 20.8. The summed E-state index contributed by atoms with van der Waals surface area (Å²) in [5, 5.41) is 2.97. The third kappa shape index (κ3) is 2.00. The summed E-state index contributed by atoms with van der Waals surface area (Å²) < 4.78 is 17.3. The van der Waals surface area contributed by atoms with Crippen molar-refractivity contribution in [2.75, 3.05) is 31.3 Å². The molecule has 1 aromatic rings. The van der Waals surface area contributed by atoms with Crippen LogP contribution >= 0.6 is 23.5 Å². The molecule has 0 radical (unpaired) electrons. The van der Waals surface area contributed by atoms with Gasteiger partial charge in [0.15, 0.2) is 0 Å². The second-order valence-corrected chi connectivity index (χ2v) is 7.15. The minimum Gasteiger partial charge on any atom is -0.281 e. The molecule has 0 bridgehead atoms. The van der Waals surface area contributed by atoms with E-state index in [0.717, 1.165) is 30.7 Å². The quantitative estimate of drug-likeness (QED) is 0.670. The number of nitrogens with one attached hydrogen (secondary N) is 1. The number of hydrogen-bond acceptors (Lipinski definition) is 3. The summed E-state index contributed by atoms with van der Waals surface area (Å²) >= 11 is 3.26. The molecule has 0 amide bonds. The molecule has 3 rings (SSSR count). The molecule has 6 nitrogen and oxygen atoms in total. The van der Waals surface area contributed by atoms with Crippen LogP contribution in [-0.2, 0) is 4.57 Å². The van der Waals surface area contributed by atoms with Gasteiger partial charge in [0.1, 0.15) is 0 Å². The first-order valence-corrected chi connectivity index (χ1v) is 7.46. The highest BCUT2D eigenvalue weighted by Gasteiger charge is 2.48. The highest BCUT2D eigenvalue weighted by atomic mass is 79.9. The molecular weight excluding hydrogens is 293 g/mol. The molecule has 2 aliphatic rings. The molecular formula is C8H11BrN5OP. The molecule has 0 aromatic carbocycles. The van der Waals surface area contributed by atoms with E-state index in [1.807, 2.05) is 9.34 Å². The zero-order valence-corrected chi connectivity index (χ0v) is 11.0. The van der Waals surface area contributed by atoms with Crippen molar-refractivity contribution >= 4 is 29.5 Å². The van der Waals surface area contributed by atoms with Crippen LogP contribution in [0.3, 0.4) is 0 Å². The van der Waals surface area contributed by atoms with Gasteiger partial charge < -0.3 is 0 Å². The Labute approximate surface area is 102 Å². The van der Waals surface area contributed by atoms with E-state index in [1.165, 1.54) is 0 Å². The average molecular weight is 304 g/mol. The van der Waals surface area contributed by atoms with Crippen LogP contribution in [0.4, 0.5) is 5.95 Å². The summed E-state index contributed by atoms with van der Waals surface area (Å²) in [4.78, 5) is 8.18. The van der Waals surface area contributed by atoms with E-state index in [1.54, 1.807) is 12.4 Å². The van der Waals surface area contributed by atoms with Crippen molar-refractivity contribution in [3.63, 3.8) is 0 Å². The molecule has 2 fully saturated rings. The Bertz CT molecular complexity index is 428. The van der Waals surface area contributed by atoms with Crippen LogP contribution in [0.1, 0.15) is 0 Å². The van der Waals surface area contributed by atoms with Gasteiger partial charge in [-0.15, -0.1) is 0 Å². The summed E-state index contributed by atoms with van der Waals surface area (Å²) in [6.45, 7) is 3.54. The molecule has 2 aliphatic heterocycles. The highest BCUT2D eigenvalue weighted by Crippen LogP contribution is 2.58. The van der Waals surface area contributed by atoms with Gasteiger partial charge >= 0.3 is 7.59 Å². The first-order valence-electron chi connectivity index (χ1n) is 5.05. The van der Waals surface area contributed by atoms with Crippen LogP contribution in [0.25, 0.3) is 0 Å². The van der Waals surface area contributed by atoms with Crippen LogP contribution < -0.4 is 5.09 Å². The average Bonchev–Trinajstić information content (AvgIpc) is 3.14. The maximum Gasteiger partial charge on any atom is 0.311 e. The highest BCUT2D eigenvalue weighted by molar-refractivity contribution is 9.10. The van der Waals surface area contributed by atoms with E-state index in [-0.39, 0.29) is 0 Å². The molecule has 16 heavy (non-hydrogen) atoms. The second-order valence-electron chi connectivity index (χ2n) is 3.79. The predicted octanol–water partition coefficient (Wildman–Crippen LogP) is 1.39. The van der Waals surface area contributed by atoms with Gasteiger partial charge in [0, 0.05) is 38.6 Å². The van der Waals surface area contributed by atoms with E-state index in [4.69, 9.17) is 0 Å². The summed E-state index contributed by atoms with van der Waals surface area (Å²) in [6.07, 6.45) is 3.29. The minimum absolute atomic E-state index is 0.422. The summed E-state index contributed by atoms with van der Waals surface area (Å²) in [7, 11) is -2.60. The van der Waals surface area contributed by atoms with Gasteiger partial charge in [-0.25, -0.2) is 19.3 Å². The van der Waals surface area contributed by atoms with E-state index >= 15 is 0 Å². The molecule has 86 valence electrons. The molecule has 1 N–H and O–H groups in total. The van der Waals surface area contributed by atoms with Crippen LogP contribution in [0.5, 0.6) is 0 Å². The summed E-state index contributed by atoms with van der Waals surface area (Å²) in [5.74, 6) is 0.422. The first-order chi connectivity index (χ1) is 7.68. The Morgan fingerprint density at radius 1 is 1.19 bits per heavy atom. The number of aromatic nitrogens is 2. The monoisotopic (exact) mass is 303 g/mol. The zero-order chi connectivity index (χ0) is 11.2. The van der Waals surface area contributed by atoms with Gasteiger partial charge in [0.2, 0.25) is 5.95 Å². The number of halogens is 1. The lowest BCUT2D eigenvalue weighted by molar-refractivity contribution is 0.523. The largest absolute Gasteiger partial charge is 0.311 e. The number of rotatable bonds is 4. The van der Waals surface area contributed by atoms with Gasteiger partial charge in [-0.3, -0.25) is 9.65 Å². The van der Waals surface area contributed by atoms with Crippen molar-refractivity contribution in [3.8, 4) is 0 Å². The van der Waals surface area contributed by atoms with Gasteiger partial charge in [0.25, 0.3) is 0 Å². The Hall–Kier alpha value is -0.490. The smallest absolute Gasteiger partial charge is 0.281 e. The van der Waals surface area contributed by atoms with Gasteiger partial charge in [-0.1, -0.05) is 0 Å². The number of anilines is 1. The molecule has 0 aliphatic carbocycles. The zero-order valence-electron chi connectivity index (χ0n) is 8.51. The Morgan fingerprint density at radius 3 is 2.12 bits per heavy atom. The second kappa shape index (κ2) is 3.77. The minimum atomic E-state index is -2.60.